The second-order valence-electron chi connectivity index (χ2n) is 14.1. The molecule has 5 heteroatoms. The number of benzene rings is 8. The van der Waals surface area contributed by atoms with Gasteiger partial charge in [0, 0.05) is 0 Å². The third kappa shape index (κ3) is 4.70. The van der Waals surface area contributed by atoms with E-state index in [2.05, 4.69) is 185 Å². The molecule has 0 saturated carbocycles. The average molecular weight is 916 g/mol. The van der Waals surface area contributed by atoms with Crippen molar-refractivity contribution in [1.29, 1.82) is 0 Å². The molecular formula is C49H31I2N3-2. The third-order valence-corrected chi connectivity index (χ3v) is 16.9. The van der Waals surface area contributed by atoms with Crippen LogP contribution in [0.3, 0.4) is 0 Å². The van der Waals surface area contributed by atoms with Crippen molar-refractivity contribution in [3.8, 4) is 39.1 Å². The summed E-state index contributed by atoms with van der Waals surface area (Å²) >= 11 is -0.359. The summed E-state index contributed by atoms with van der Waals surface area (Å²) < 4.78 is 8.28. The summed E-state index contributed by atoms with van der Waals surface area (Å²) in [4.78, 5) is 2.43. The van der Waals surface area contributed by atoms with Gasteiger partial charge < -0.3 is 0 Å². The number of hydrogen-bond acceptors (Lipinski definition) is 2. The first kappa shape index (κ1) is 31.0. The summed E-state index contributed by atoms with van der Waals surface area (Å²) in [5.74, 6) is 0. The van der Waals surface area contributed by atoms with Gasteiger partial charge in [-0.1, -0.05) is 0 Å². The van der Waals surface area contributed by atoms with Gasteiger partial charge in [-0.2, -0.15) is 0 Å². The van der Waals surface area contributed by atoms with E-state index in [4.69, 9.17) is 0 Å². The van der Waals surface area contributed by atoms with Gasteiger partial charge in [-0.3, -0.25) is 0 Å². The number of halogens is 2. The molecular weight excluding hydrogens is 884 g/mol. The predicted molar refractivity (Wildman–Crippen MR) is 215 cm³/mol. The van der Waals surface area contributed by atoms with Crippen molar-refractivity contribution in [3.05, 3.63) is 186 Å². The van der Waals surface area contributed by atoms with Gasteiger partial charge in [0.1, 0.15) is 0 Å². The molecule has 0 amide bonds. The second kappa shape index (κ2) is 12.1. The quantitative estimate of drug-likeness (QED) is 0.157. The fraction of sp³-hybridized carbons (Fsp3) is 0.0204. The number of alkyl halides is 1. The summed E-state index contributed by atoms with van der Waals surface area (Å²) in [5, 5.41) is 6.56. The van der Waals surface area contributed by atoms with Gasteiger partial charge in [0.2, 0.25) is 0 Å². The number of aromatic nitrogens is 1. The van der Waals surface area contributed by atoms with E-state index in [-0.39, 0.29) is 42.4 Å². The van der Waals surface area contributed by atoms with Gasteiger partial charge in [0.05, 0.1) is 0 Å². The van der Waals surface area contributed by atoms with E-state index in [1.54, 1.807) is 0 Å². The zero-order valence-corrected chi connectivity index (χ0v) is 33.3. The topological polar surface area (TPSA) is 20.2 Å². The molecule has 0 aliphatic carbocycles. The minimum atomic E-state index is -0.235. The molecule has 3 nitrogen and oxygen atoms in total. The first-order valence-electron chi connectivity index (χ1n) is 18.3. The Morgan fingerprint density at radius 3 is 2.13 bits per heavy atom. The van der Waals surface area contributed by atoms with E-state index in [0.29, 0.717) is 0 Å². The van der Waals surface area contributed by atoms with Crippen molar-refractivity contribution in [2.24, 2.45) is 0 Å². The number of para-hydroxylation sites is 2. The maximum atomic E-state index is 3.88. The van der Waals surface area contributed by atoms with Gasteiger partial charge in [-0.05, 0) is 0 Å². The van der Waals surface area contributed by atoms with Gasteiger partial charge >= 0.3 is 337 Å². The Balaban J connectivity index is 0.993. The van der Waals surface area contributed by atoms with Crippen LogP contribution >= 0.6 is 0 Å². The zero-order chi connectivity index (χ0) is 35.3. The molecule has 0 fully saturated rings. The Kier molecular flexibility index (Phi) is 6.93. The molecule has 258 valence electrons. The van der Waals surface area contributed by atoms with Crippen LogP contribution in [0.2, 0.25) is 0 Å². The van der Waals surface area contributed by atoms with Crippen LogP contribution in [0.15, 0.2) is 170 Å². The van der Waals surface area contributed by atoms with Gasteiger partial charge in [-0.25, -0.2) is 0 Å². The molecule has 0 unspecified atom stereocenters. The molecule has 12 rings (SSSR count). The summed E-state index contributed by atoms with van der Waals surface area (Å²) in [5.41, 5.74) is 19.1. The van der Waals surface area contributed by atoms with Crippen LogP contribution in [0.25, 0.3) is 60.9 Å². The number of anilines is 5. The van der Waals surface area contributed by atoms with Gasteiger partial charge in [0.25, 0.3) is 0 Å². The van der Waals surface area contributed by atoms with Crippen LogP contribution in [-0.4, -0.2) is 4.57 Å². The minimum absolute atomic E-state index is 0.123. The molecule has 0 bridgehead atoms. The van der Waals surface area contributed by atoms with E-state index in [1.807, 2.05) is 0 Å². The summed E-state index contributed by atoms with van der Waals surface area (Å²) in [7, 11) is 0. The van der Waals surface area contributed by atoms with E-state index < -0.39 is 0 Å². The monoisotopic (exact) mass is 915 g/mol. The maximum absolute atomic E-state index is 3.88. The Morgan fingerprint density at radius 2 is 1.20 bits per heavy atom. The summed E-state index contributed by atoms with van der Waals surface area (Å²) in [6.07, 6.45) is 0. The van der Waals surface area contributed by atoms with E-state index in [0.717, 1.165) is 11.4 Å². The SMILES string of the molecule is c1ccc(-c2cccc(N(c3ccc(-c4cc5c6c(c4)c4cccc7c4n6-c4c(cccc4N5)C[I-]7)cc3)c3ccc4c(c3)[I-]c3ccccc3-4)c2)cc1. The Bertz CT molecular complexity index is 3000. The normalized spacial score (nSPS) is 13.4. The Hall–Kier alpha value is -5.38. The van der Waals surface area contributed by atoms with Crippen molar-refractivity contribution >= 4 is 50.2 Å². The van der Waals surface area contributed by atoms with Crippen LogP contribution < -0.4 is 52.6 Å². The first-order valence-corrected chi connectivity index (χ1v) is 23.1. The van der Waals surface area contributed by atoms with Crippen LogP contribution in [0.1, 0.15) is 5.56 Å². The molecule has 54 heavy (non-hydrogen) atoms. The van der Waals surface area contributed by atoms with Crippen LogP contribution in [0, 0.1) is 10.7 Å². The number of nitrogens with one attached hydrogen (secondary N) is 1. The Labute approximate surface area is 334 Å². The number of nitrogens with zero attached hydrogens (tertiary/aromatic N) is 2. The number of fused-ring (bicyclic) bond motifs is 4. The van der Waals surface area contributed by atoms with E-state index >= 15 is 0 Å². The fourth-order valence-electron chi connectivity index (χ4n) is 8.62. The summed E-state index contributed by atoms with van der Waals surface area (Å²) in [6, 6.07) is 63.5. The average Bonchev–Trinajstić information content (AvgIpc) is 3.71. The van der Waals surface area contributed by atoms with E-state index in [9.17, 15) is 0 Å². The number of hydrogen-bond donors (Lipinski definition) is 1. The van der Waals surface area contributed by atoms with E-state index in [1.165, 1.54) is 98.6 Å². The predicted octanol–water partition coefficient (Wildman–Crippen LogP) is 6.53. The molecule has 0 atom stereocenters. The molecule has 0 spiro atoms. The van der Waals surface area contributed by atoms with Crippen molar-refractivity contribution in [3.63, 3.8) is 0 Å². The zero-order valence-electron chi connectivity index (χ0n) is 29.0. The molecule has 1 N–H and O–H groups in total. The van der Waals surface area contributed by atoms with Crippen molar-refractivity contribution in [2.75, 3.05) is 10.2 Å². The van der Waals surface area contributed by atoms with Gasteiger partial charge in [0.15, 0.2) is 0 Å². The van der Waals surface area contributed by atoms with Gasteiger partial charge in [-0.15, -0.1) is 0 Å². The number of rotatable bonds is 5. The summed E-state index contributed by atoms with van der Waals surface area (Å²) in [6.45, 7) is 0. The Morgan fingerprint density at radius 1 is 0.463 bits per heavy atom. The standard InChI is InChI=1S/C49H31I2N3/c1-2-9-30(10-3-1)32-11-6-13-36(25-32)53(37-23-24-39-38-14-4-5-16-42(38)51-44(39)28-37)35-21-19-31(20-22-35)34-26-41-40-15-8-17-43-48(40)54-47-33(29-50-43)12-7-18-45(47)52-46(27-34)49(41)54/h1-28,52H,29H2/q-2. The van der Waals surface area contributed by atoms with Crippen molar-refractivity contribution in [2.45, 2.75) is 4.43 Å². The second-order valence-corrected chi connectivity index (χ2v) is 19.7. The van der Waals surface area contributed by atoms with Crippen LogP contribution in [0.5, 0.6) is 0 Å². The van der Waals surface area contributed by atoms with Crippen LogP contribution in [0.4, 0.5) is 28.4 Å². The molecule has 4 heterocycles. The third-order valence-electron chi connectivity index (χ3n) is 11.1. The molecule has 0 saturated heterocycles. The molecule has 0 radical (unpaired) electrons. The molecule has 1 aromatic heterocycles. The van der Waals surface area contributed by atoms with Crippen LogP contribution in [-0.2, 0) is 4.43 Å². The fourth-order valence-corrected chi connectivity index (χ4v) is 14.4. The molecule has 8 aromatic carbocycles. The molecule has 3 aliphatic rings. The molecule has 9 aromatic rings. The van der Waals surface area contributed by atoms with Crippen molar-refractivity contribution in [1.82, 2.24) is 4.57 Å². The van der Waals surface area contributed by atoms with Crippen molar-refractivity contribution < 1.29 is 42.4 Å². The molecule has 3 aliphatic heterocycles. The first-order chi connectivity index (χ1) is 26.7.